The number of aromatic nitrogens is 6. The van der Waals surface area contributed by atoms with Crippen LogP contribution in [0.5, 0.6) is 0 Å². The predicted molar refractivity (Wildman–Crippen MR) is 138 cm³/mol. The fraction of sp³-hybridized carbons (Fsp3) is 0.259. The highest BCUT2D eigenvalue weighted by Crippen LogP contribution is 2.23. The smallest absolute Gasteiger partial charge is 0.257 e. The number of benzene rings is 1. The summed E-state index contributed by atoms with van der Waals surface area (Å²) in [6.07, 6.45) is 4.23. The molecule has 0 spiro atoms. The number of nitrogens with zero attached hydrogens (tertiary/aromatic N) is 8. The Hall–Kier alpha value is -4.62. The molecule has 37 heavy (non-hydrogen) atoms. The third kappa shape index (κ3) is 4.90. The molecular weight excluding hydrogens is 466 g/mol. The van der Waals surface area contributed by atoms with Crippen molar-refractivity contribution >= 4 is 16.9 Å². The van der Waals surface area contributed by atoms with Gasteiger partial charge in [0.2, 0.25) is 0 Å². The second-order valence-corrected chi connectivity index (χ2v) is 9.14. The van der Waals surface area contributed by atoms with Crippen molar-refractivity contribution < 1.29 is 4.52 Å². The molecule has 10 heteroatoms. The minimum Gasteiger partial charge on any atom is -0.353 e. The largest absolute Gasteiger partial charge is 0.353 e. The van der Waals surface area contributed by atoms with Gasteiger partial charge in [-0.3, -0.25) is 9.88 Å². The summed E-state index contributed by atoms with van der Waals surface area (Å²) in [5, 5.41) is 13.2. The molecule has 0 atom stereocenters. The summed E-state index contributed by atoms with van der Waals surface area (Å²) in [4.78, 5) is 26.1. The van der Waals surface area contributed by atoms with Gasteiger partial charge in [0.05, 0.1) is 16.6 Å². The van der Waals surface area contributed by atoms with Crippen molar-refractivity contribution in [3.05, 3.63) is 83.3 Å². The first-order chi connectivity index (χ1) is 18.1. The molecule has 1 aromatic carbocycles. The highest BCUT2D eigenvalue weighted by Gasteiger charge is 2.20. The molecule has 1 aliphatic heterocycles. The first-order valence-corrected chi connectivity index (χ1v) is 12.2. The van der Waals surface area contributed by atoms with Crippen LogP contribution >= 0.6 is 0 Å². The van der Waals surface area contributed by atoms with Gasteiger partial charge in [0.25, 0.3) is 5.89 Å². The second kappa shape index (κ2) is 9.79. The first-order valence-electron chi connectivity index (χ1n) is 12.2. The van der Waals surface area contributed by atoms with Crippen molar-refractivity contribution in [1.29, 1.82) is 5.26 Å². The number of pyridine rings is 2. The zero-order valence-electron chi connectivity index (χ0n) is 20.4. The van der Waals surface area contributed by atoms with Gasteiger partial charge < -0.3 is 14.4 Å². The molecule has 1 N–H and O–H groups in total. The van der Waals surface area contributed by atoms with E-state index in [0.29, 0.717) is 23.7 Å². The first kappa shape index (κ1) is 22.8. The van der Waals surface area contributed by atoms with Crippen LogP contribution in [0.4, 0.5) is 5.82 Å². The fourth-order valence-electron chi connectivity index (χ4n) is 4.70. The van der Waals surface area contributed by atoms with Gasteiger partial charge in [0.1, 0.15) is 17.7 Å². The Balaban J connectivity index is 1.10. The molecule has 0 aliphatic carbocycles. The standard InChI is InChI=1S/C27H25N9O/c1-18-31-27(37-34-18)20-4-5-23-24(14-20)33-25(32-23)15-22-13-19(6-8-29-22)17-35-9-11-36(12-10-35)26-21(16-28)3-2-7-30-26/h2-8,13-14H,9-12,15,17H2,1H3,(H,32,33). The predicted octanol–water partition coefficient (Wildman–Crippen LogP) is 3.50. The Morgan fingerprint density at radius 1 is 1.03 bits per heavy atom. The molecule has 0 saturated carbocycles. The molecule has 0 radical (unpaired) electrons. The van der Waals surface area contributed by atoms with Gasteiger partial charge in [0.15, 0.2) is 5.82 Å². The number of rotatable bonds is 6. The van der Waals surface area contributed by atoms with E-state index in [9.17, 15) is 5.26 Å². The van der Waals surface area contributed by atoms with E-state index in [1.54, 1.807) is 19.2 Å². The maximum Gasteiger partial charge on any atom is 0.257 e. The number of hydrogen-bond donors (Lipinski definition) is 1. The zero-order valence-corrected chi connectivity index (χ0v) is 20.4. The number of nitrogens with one attached hydrogen (secondary N) is 1. The van der Waals surface area contributed by atoms with Gasteiger partial charge in [-0.25, -0.2) is 9.97 Å². The average Bonchev–Trinajstić information content (AvgIpc) is 3.54. The number of piperazine rings is 1. The average molecular weight is 492 g/mol. The maximum atomic E-state index is 9.38. The van der Waals surface area contributed by atoms with Crippen LogP contribution in [-0.2, 0) is 13.0 Å². The van der Waals surface area contributed by atoms with Gasteiger partial charge in [-0.2, -0.15) is 10.2 Å². The zero-order chi connectivity index (χ0) is 25.2. The summed E-state index contributed by atoms with van der Waals surface area (Å²) in [6, 6.07) is 16.0. The summed E-state index contributed by atoms with van der Waals surface area (Å²) in [7, 11) is 0. The molecule has 184 valence electrons. The van der Waals surface area contributed by atoms with Gasteiger partial charge in [-0.1, -0.05) is 5.16 Å². The lowest BCUT2D eigenvalue weighted by atomic mass is 10.1. The van der Waals surface area contributed by atoms with Crippen LogP contribution < -0.4 is 4.90 Å². The Labute approximate surface area is 213 Å². The number of H-pyrrole nitrogens is 1. The second-order valence-electron chi connectivity index (χ2n) is 9.14. The van der Waals surface area contributed by atoms with E-state index in [0.717, 1.165) is 66.7 Å². The van der Waals surface area contributed by atoms with E-state index in [-0.39, 0.29) is 0 Å². The molecule has 1 fully saturated rings. The summed E-state index contributed by atoms with van der Waals surface area (Å²) in [6.45, 7) is 6.15. The number of aromatic amines is 1. The molecule has 5 heterocycles. The van der Waals surface area contributed by atoms with Crippen LogP contribution in [0.3, 0.4) is 0 Å². The van der Waals surface area contributed by atoms with E-state index in [1.807, 2.05) is 30.5 Å². The Morgan fingerprint density at radius 2 is 1.92 bits per heavy atom. The number of anilines is 1. The number of imidazole rings is 1. The molecule has 1 aliphatic rings. The number of nitriles is 1. The highest BCUT2D eigenvalue weighted by atomic mass is 16.5. The lowest BCUT2D eigenvalue weighted by Crippen LogP contribution is -2.46. The van der Waals surface area contributed by atoms with Crippen LogP contribution in [-0.4, -0.2) is 61.2 Å². The van der Waals surface area contributed by atoms with Crippen molar-refractivity contribution in [1.82, 2.24) is 35.0 Å². The number of fused-ring (bicyclic) bond motifs is 1. The topological polar surface area (TPSA) is 124 Å². The summed E-state index contributed by atoms with van der Waals surface area (Å²) in [5.74, 6) is 2.74. The van der Waals surface area contributed by atoms with Crippen LogP contribution in [0.2, 0.25) is 0 Å². The normalized spacial score (nSPS) is 14.2. The molecule has 1 saturated heterocycles. The van der Waals surface area contributed by atoms with Crippen LogP contribution in [0.1, 0.15) is 28.5 Å². The molecule has 6 rings (SSSR count). The third-order valence-electron chi connectivity index (χ3n) is 6.52. The van der Waals surface area contributed by atoms with E-state index < -0.39 is 0 Å². The van der Waals surface area contributed by atoms with Crippen LogP contribution in [0.15, 0.2) is 59.4 Å². The van der Waals surface area contributed by atoms with Gasteiger partial charge in [-0.05, 0) is 55.0 Å². The minimum absolute atomic E-state index is 0.497. The van der Waals surface area contributed by atoms with E-state index >= 15 is 0 Å². The highest BCUT2D eigenvalue weighted by molar-refractivity contribution is 5.80. The maximum absolute atomic E-state index is 9.38. The SMILES string of the molecule is Cc1noc(-c2ccc3nc(Cc4cc(CN5CCN(c6ncccc6C#N)CC5)ccn4)[nH]c3c2)n1. The molecule has 10 nitrogen and oxygen atoms in total. The molecule has 4 aromatic heterocycles. The number of aryl methyl sites for hydroxylation is 1. The van der Waals surface area contributed by atoms with Crippen molar-refractivity contribution in [3.8, 4) is 17.5 Å². The Bertz CT molecular complexity index is 1590. The molecule has 0 bridgehead atoms. The van der Waals surface area contributed by atoms with Crippen molar-refractivity contribution in [3.63, 3.8) is 0 Å². The number of hydrogen-bond acceptors (Lipinski definition) is 9. The molecule has 0 amide bonds. The van der Waals surface area contributed by atoms with Crippen molar-refractivity contribution in [2.45, 2.75) is 19.9 Å². The van der Waals surface area contributed by atoms with Gasteiger partial charge in [0, 0.05) is 62.8 Å². The Kier molecular flexibility index (Phi) is 6.04. The van der Waals surface area contributed by atoms with Gasteiger partial charge >= 0.3 is 0 Å². The summed E-state index contributed by atoms with van der Waals surface area (Å²) >= 11 is 0. The quantitative estimate of drug-likeness (QED) is 0.380. The Morgan fingerprint density at radius 3 is 2.73 bits per heavy atom. The van der Waals surface area contributed by atoms with Crippen molar-refractivity contribution in [2.24, 2.45) is 0 Å². The lowest BCUT2D eigenvalue weighted by Gasteiger charge is -2.35. The summed E-state index contributed by atoms with van der Waals surface area (Å²) < 4.78 is 5.29. The minimum atomic E-state index is 0.497. The van der Waals surface area contributed by atoms with Crippen LogP contribution in [0.25, 0.3) is 22.5 Å². The fourth-order valence-corrected chi connectivity index (χ4v) is 4.70. The van der Waals surface area contributed by atoms with Gasteiger partial charge in [-0.15, -0.1) is 0 Å². The van der Waals surface area contributed by atoms with Crippen molar-refractivity contribution in [2.75, 3.05) is 31.1 Å². The molecular formula is C27H25N9O. The van der Waals surface area contributed by atoms with E-state index in [4.69, 9.17) is 9.51 Å². The van der Waals surface area contributed by atoms with E-state index in [1.165, 1.54) is 5.56 Å². The monoisotopic (exact) mass is 491 g/mol. The lowest BCUT2D eigenvalue weighted by molar-refractivity contribution is 0.249. The molecule has 0 unspecified atom stereocenters. The molecule has 5 aromatic rings. The van der Waals surface area contributed by atoms with E-state index in [2.05, 4.69) is 53.1 Å². The summed E-state index contributed by atoms with van der Waals surface area (Å²) in [5.41, 5.74) is 5.48. The van der Waals surface area contributed by atoms with Crippen LogP contribution in [0, 0.1) is 18.3 Å². The third-order valence-corrected chi connectivity index (χ3v) is 6.52.